The summed E-state index contributed by atoms with van der Waals surface area (Å²) in [6, 6.07) is 6.25. The van der Waals surface area contributed by atoms with Gasteiger partial charge in [-0.1, -0.05) is 18.2 Å². The predicted molar refractivity (Wildman–Crippen MR) is 69.2 cm³/mol. The van der Waals surface area contributed by atoms with Crippen molar-refractivity contribution >= 4 is 0 Å². The first-order valence-corrected chi connectivity index (χ1v) is 6.24. The molecule has 0 amide bonds. The summed E-state index contributed by atoms with van der Waals surface area (Å²) in [6.07, 6.45) is -4.25. The Balaban J connectivity index is 2.31. The monoisotopic (exact) mass is 275 g/mol. The van der Waals surface area contributed by atoms with Crippen LogP contribution in [-0.2, 0) is 4.74 Å². The Hall–Kier alpha value is -1.07. The van der Waals surface area contributed by atoms with Crippen molar-refractivity contribution < 1.29 is 17.9 Å². The lowest BCUT2D eigenvalue weighted by atomic mass is 10.0. The molecule has 0 radical (unpaired) electrons. The molecule has 1 rings (SSSR count). The van der Waals surface area contributed by atoms with E-state index in [4.69, 9.17) is 0 Å². The Kier molecular flexibility index (Phi) is 5.82. The van der Waals surface area contributed by atoms with Gasteiger partial charge in [0, 0.05) is 12.6 Å². The molecular weight excluding hydrogens is 255 g/mol. The van der Waals surface area contributed by atoms with Gasteiger partial charge in [-0.25, -0.2) is 0 Å². The average Bonchev–Trinajstić information content (AvgIpc) is 2.30. The van der Waals surface area contributed by atoms with Gasteiger partial charge in [0.1, 0.15) is 6.61 Å². The fourth-order valence-corrected chi connectivity index (χ4v) is 1.69. The molecular formula is C14H20F3NO. The first-order chi connectivity index (χ1) is 8.79. The van der Waals surface area contributed by atoms with Crippen LogP contribution in [0.15, 0.2) is 18.2 Å². The zero-order chi connectivity index (χ0) is 14.5. The molecule has 1 unspecified atom stereocenters. The minimum Gasteiger partial charge on any atom is -0.371 e. The molecule has 0 fully saturated rings. The van der Waals surface area contributed by atoms with Gasteiger partial charge in [0.25, 0.3) is 0 Å². The van der Waals surface area contributed by atoms with Crippen molar-refractivity contribution in [3.8, 4) is 0 Å². The average molecular weight is 275 g/mol. The van der Waals surface area contributed by atoms with E-state index >= 15 is 0 Å². The number of hydrogen-bond acceptors (Lipinski definition) is 2. The third kappa shape index (κ3) is 6.07. The number of halogens is 3. The second-order valence-corrected chi connectivity index (χ2v) is 4.69. The second-order valence-electron chi connectivity index (χ2n) is 4.69. The quantitative estimate of drug-likeness (QED) is 0.802. The number of alkyl halides is 3. The highest BCUT2D eigenvalue weighted by Gasteiger charge is 2.27. The van der Waals surface area contributed by atoms with E-state index in [0.29, 0.717) is 6.54 Å². The lowest BCUT2D eigenvalue weighted by Crippen LogP contribution is -2.26. The zero-order valence-corrected chi connectivity index (χ0v) is 11.5. The molecule has 0 aliphatic heterocycles. The maximum atomic E-state index is 11.8. The van der Waals surface area contributed by atoms with Gasteiger partial charge in [-0.2, -0.15) is 13.2 Å². The third-order valence-electron chi connectivity index (χ3n) is 2.99. The van der Waals surface area contributed by atoms with Crippen LogP contribution < -0.4 is 5.32 Å². The van der Waals surface area contributed by atoms with Gasteiger partial charge < -0.3 is 10.1 Å². The van der Waals surface area contributed by atoms with Crippen LogP contribution in [0.25, 0.3) is 0 Å². The van der Waals surface area contributed by atoms with Gasteiger partial charge >= 0.3 is 6.18 Å². The van der Waals surface area contributed by atoms with Gasteiger partial charge in [0.2, 0.25) is 0 Å². The van der Waals surface area contributed by atoms with Crippen LogP contribution in [0.4, 0.5) is 13.2 Å². The minimum absolute atomic E-state index is 0.0503. The van der Waals surface area contributed by atoms with Crippen LogP contribution >= 0.6 is 0 Å². The van der Waals surface area contributed by atoms with Crippen molar-refractivity contribution in [1.82, 2.24) is 5.32 Å². The Morgan fingerprint density at radius 3 is 2.47 bits per heavy atom. The van der Waals surface area contributed by atoms with E-state index in [1.54, 1.807) is 0 Å². The number of nitrogens with one attached hydrogen (secondary N) is 1. The molecule has 0 saturated heterocycles. The largest absolute Gasteiger partial charge is 0.411 e. The number of ether oxygens (including phenoxy) is 1. The molecule has 0 heterocycles. The zero-order valence-electron chi connectivity index (χ0n) is 11.5. The SMILES string of the molecule is Cc1ccc(C(C)NCCOCC(F)(F)F)cc1C. The summed E-state index contributed by atoms with van der Waals surface area (Å²) in [6.45, 7) is 5.32. The Bertz CT molecular complexity index is 404. The molecule has 1 N–H and O–H groups in total. The summed E-state index contributed by atoms with van der Waals surface area (Å²) >= 11 is 0. The van der Waals surface area contributed by atoms with E-state index in [9.17, 15) is 13.2 Å². The predicted octanol–water partition coefficient (Wildman–Crippen LogP) is 3.53. The number of rotatable bonds is 6. The lowest BCUT2D eigenvalue weighted by molar-refractivity contribution is -0.173. The summed E-state index contributed by atoms with van der Waals surface area (Å²) in [4.78, 5) is 0. The molecule has 2 nitrogen and oxygen atoms in total. The Morgan fingerprint density at radius 1 is 1.21 bits per heavy atom. The molecule has 0 saturated carbocycles. The maximum absolute atomic E-state index is 11.8. The number of hydrogen-bond donors (Lipinski definition) is 1. The number of benzene rings is 1. The first kappa shape index (κ1) is 16.0. The van der Waals surface area contributed by atoms with Crippen LogP contribution in [0.5, 0.6) is 0 Å². The molecule has 0 aromatic heterocycles. The molecule has 0 aliphatic rings. The Morgan fingerprint density at radius 2 is 1.89 bits per heavy atom. The molecule has 0 spiro atoms. The van der Waals surface area contributed by atoms with Gasteiger partial charge in [-0.15, -0.1) is 0 Å². The second kappa shape index (κ2) is 6.91. The van der Waals surface area contributed by atoms with E-state index in [1.165, 1.54) is 11.1 Å². The molecule has 1 aromatic rings. The van der Waals surface area contributed by atoms with Crippen molar-refractivity contribution in [2.45, 2.75) is 33.0 Å². The summed E-state index contributed by atoms with van der Waals surface area (Å²) in [5.74, 6) is 0. The minimum atomic E-state index is -4.25. The van der Waals surface area contributed by atoms with Gasteiger partial charge in [0.05, 0.1) is 6.61 Å². The molecule has 5 heteroatoms. The van der Waals surface area contributed by atoms with E-state index in [2.05, 4.69) is 16.1 Å². The maximum Gasteiger partial charge on any atom is 0.411 e. The summed E-state index contributed by atoms with van der Waals surface area (Å²) in [5.41, 5.74) is 3.56. The highest BCUT2D eigenvalue weighted by molar-refractivity contribution is 5.31. The molecule has 19 heavy (non-hydrogen) atoms. The molecule has 1 atom stereocenters. The molecule has 0 bridgehead atoms. The summed E-state index contributed by atoms with van der Waals surface area (Å²) in [7, 11) is 0. The van der Waals surface area contributed by atoms with Crippen LogP contribution in [0.1, 0.15) is 29.7 Å². The van der Waals surface area contributed by atoms with Crippen molar-refractivity contribution in [3.05, 3.63) is 34.9 Å². The standard InChI is InChI=1S/C14H20F3NO/c1-10-4-5-13(8-11(10)2)12(3)18-6-7-19-9-14(15,16)17/h4-5,8,12,18H,6-7,9H2,1-3H3. The van der Waals surface area contributed by atoms with Gasteiger partial charge in [0.15, 0.2) is 0 Å². The van der Waals surface area contributed by atoms with Crippen molar-refractivity contribution in [1.29, 1.82) is 0 Å². The third-order valence-corrected chi connectivity index (χ3v) is 2.99. The van der Waals surface area contributed by atoms with Crippen molar-refractivity contribution in [2.75, 3.05) is 19.8 Å². The van der Waals surface area contributed by atoms with E-state index in [1.807, 2.05) is 32.9 Å². The van der Waals surface area contributed by atoms with Crippen LogP contribution in [0.3, 0.4) is 0 Å². The fraction of sp³-hybridized carbons (Fsp3) is 0.571. The highest BCUT2D eigenvalue weighted by atomic mass is 19.4. The van der Waals surface area contributed by atoms with Crippen LogP contribution in [-0.4, -0.2) is 25.9 Å². The van der Waals surface area contributed by atoms with Crippen molar-refractivity contribution in [3.63, 3.8) is 0 Å². The molecule has 1 aromatic carbocycles. The van der Waals surface area contributed by atoms with E-state index in [-0.39, 0.29) is 12.6 Å². The number of aryl methyl sites for hydroxylation is 2. The lowest BCUT2D eigenvalue weighted by Gasteiger charge is -2.16. The summed E-state index contributed by atoms with van der Waals surface area (Å²) < 4.78 is 40.1. The Labute approximate surface area is 112 Å². The van der Waals surface area contributed by atoms with Gasteiger partial charge in [-0.3, -0.25) is 0 Å². The van der Waals surface area contributed by atoms with E-state index in [0.717, 1.165) is 5.56 Å². The van der Waals surface area contributed by atoms with Crippen molar-refractivity contribution in [2.24, 2.45) is 0 Å². The normalized spacial score (nSPS) is 13.6. The topological polar surface area (TPSA) is 21.3 Å². The molecule has 0 aliphatic carbocycles. The van der Waals surface area contributed by atoms with Gasteiger partial charge in [-0.05, 0) is 37.5 Å². The summed E-state index contributed by atoms with van der Waals surface area (Å²) in [5, 5.41) is 3.14. The van der Waals surface area contributed by atoms with E-state index < -0.39 is 12.8 Å². The first-order valence-electron chi connectivity index (χ1n) is 6.24. The smallest absolute Gasteiger partial charge is 0.371 e. The highest BCUT2D eigenvalue weighted by Crippen LogP contribution is 2.17. The van der Waals surface area contributed by atoms with Crippen LogP contribution in [0.2, 0.25) is 0 Å². The van der Waals surface area contributed by atoms with Crippen LogP contribution in [0, 0.1) is 13.8 Å². The fourth-order valence-electron chi connectivity index (χ4n) is 1.69. The molecule has 108 valence electrons.